The maximum absolute atomic E-state index is 9.14. The molecule has 5 heteroatoms. The Bertz CT molecular complexity index is 479. The quantitative estimate of drug-likeness (QED) is 0.941. The van der Waals surface area contributed by atoms with Gasteiger partial charge < -0.3 is 9.84 Å². The highest BCUT2D eigenvalue weighted by Crippen LogP contribution is 2.24. The Kier molecular flexibility index (Phi) is 3.14. The molecule has 0 radical (unpaired) electrons. The fraction of sp³-hybridized carbons (Fsp3) is 0.182. The first-order valence-corrected chi connectivity index (χ1v) is 5.68. The standard InChI is InChI=1S/C11H11BrN2O2/c1-2-14-7-10(12)13-11(14)16-9-5-3-8(15)4-6-9/h3-7,15H,2H2,1H3. The molecule has 0 spiro atoms. The number of aromatic nitrogens is 2. The van der Waals surface area contributed by atoms with Crippen LogP contribution in [-0.4, -0.2) is 14.7 Å². The van der Waals surface area contributed by atoms with Gasteiger partial charge >= 0.3 is 6.01 Å². The number of phenols is 1. The van der Waals surface area contributed by atoms with E-state index in [1.807, 2.05) is 17.7 Å². The number of benzene rings is 1. The van der Waals surface area contributed by atoms with Crippen LogP contribution >= 0.6 is 15.9 Å². The minimum atomic E-state index is 0.215. The van der Waals surface area contributed by atoms with E-state index in [1.165, 1.54) is 0 Å². The molecule has 0 unspecified atom stereocenters. The van der Waals surface area contributed by atoms with Crippen LogP contribution in [0, 0.1) is 0 Å². The first-order valence-electron chi connectivity index (χ1n) is 4.88. The lowest BCUT2D eigenvalue weighted by molar-refractivity contribution is 0.413. The summed E-state index contributed by atoms with van der Waals surface area (Å²) in [4.78, 5) is 4.19. The van der Waals surface area contributed by atoms with E-state index in [-0.39, 0.29) is 5.75 Å². The summed E-state index contributed by atoms with van der Waals surface area (Å²) in [5.74, 6) is 0.859. The Morgan fingerprint density at radius 3 is 2.69 bits per heavy atom. The smallest absolute Gasteiger partial charge is 0.302 e. The topological polar surface area (TPSA) is 47.3 Å². The second-order valence-corrected chi connectivity index (χ2v) is 4.04. The van der Waals surface area contributed by atoms with Crippen LogP contribution in [0.25, 0.3) is 0 Å². The van der Waals surface area contributed by atoms with Gasteiger partial charge in [0.05, 0.1) is 0 Å². The SMILES string of the molecule is CCn1cc(Br)nc1Oc1ccc(O)cc1. The first kappa shape index (κ1) is 11.0. The summed E-state index contributed by atoms with van der Waals surface area (Å²) in [5, 5.41) is 9.14. The Balaban J connectivity index is 2.22. The van der Waals surface area contributed by atoms with E-state index >= 15 is 0 Å². The maximum atomic E-state index is 9.14. The lowest BCUT2D eigenvalue weighted by atomic mass is 10.3. The third-order valence-electron chi connectivity index (χ3n) is 2.10. The lowest BCUT2D eigenvalue weighted by Crippen LogP contribution is -1.96. The Morgan fingerprint density at radius 1 is 1.38 bits per heavy atom. The highest BCUT2D eigenvalue weighted by Gasteiger charge is 2.07. The van der Waals surface area contributed by atoms with Gasteiger partial charge in [0.2, 0.25) is 0 Å². The van der Waals surface area contributed by atoms with Gasteiger partial charge in [-0.3, -0.25) is 4.57 Å². The van der Waals surface area contributed by atoms with Crippen LogP contribution in [0.1, 0.15) is 6.92 Å². The number of hydrogen-bond acceptors (Lipinski definition) is 3. The third-order valence-corrected chi connectivity index (χ3v) is 2.48. The fourth-order valence-electron chi connectivity index (χ4n) is 1.30. The van der Waals surface area contributed by atoms with E-state index in [2.05, 4.69) is 20.9 Å². The van der Waals surface area contributed by atoms with Crippen molar-refractivity contribution in [3.63, 3.8) is 0 Å². The molecule has 0 saturated carbocycles. The van der Waals surface area contributed by atoms with Gasteiger partial charge in [-0.1, -0.05) is 0 Å². The molecular formula is C11H11BrN2O2. The summed E-state index contributed by atoms with van der Waals surface area (Å²) >= 11 is 3.30. The average molecular weight is 283 g/mol. The maximum Gasteiger partial charge on any atom is 0.302 e. The van der Waals surface area contributed by atoms with E-state index in [9.17, 15) is 0 Å². The van der Waals surface area contributed by atoms with Crippen molar-refractivity contribution in [2.45, 2.75) is 13.5 Å². The molecule has 0 bridgehead atoms. The molecule has 0 atom stereocenters. The van der Waals surface area contributed by atoms with Crippen LogP contribution in [0.5, 0.6) is 17.5 Å². The second kappa shape index (κ2) is 4.57. The summed E-state index contributed by atoms with van der Waals surface area (Å²) in [6.07, 6.45) is 1.86. The molecule has 0 aliphatic heterocycles. The number of halogens is 1. The summed E-state index contributed by atoms with van der Waals surface area (Å²) in [6, 6.07) is 7.06. The van der Waals surface area contributed by atoms with Gasteiger partial charge in [-0.15, -0.1) is 0 Å². The van der Waals surface area contributed by atoms with Crippen molar-refractivity contribution in [2.75, 3.05) is 0 Å². The number of phenolic OH excluding ortho intramolecular Hbond substituents is 1. The van der Waals surface area contributed by atoms with Crippen LogP contribution in [0.4, 0.5) is 0 Å². The number of imidazole rings is 1. The summed E-state index contributed by atoms with van der Waals surface area (Å²) in [6.45, 7) is 2.80. The minimum Gasteiger partial charge on any atom is -0.508 e. The molecule has 2 aromatic rings. The van der Waals surface area contributed by atoms with E-state index in [4.69, 9.17) is 9.84 Å². The van der Waals surface area contributed by atoms with Crippen molar-refractivity contribution < 1.29 is 9.84 Å². The molecule has 4 nitrogen and oxygen atoms in total. The molecule has 16 heavy (non-hydrogen) atoms. The molecule has 1 heterocycles. The molecule has 0 aliphatic carbocycles. The van der Waals surface area contributed by atoms with E-state index in [0.29, 0.717) is 11.8 Å². The molecule has 1 aromatic heterocycles. The van der Waals surface area contributed by atoms with Crippen molar-refractivity contribution >= 4 is 15.9 Å². The first-order chi connectivity index (χ1) is 7.69. The molecule has 84 valence electrons. The van der Waals surface area contributed by atoms with E-state index in [0.717, 1.165) is 11.1 Å². The van der Waals surface area contributed by atoms with Crippen LogP contribution in [0.15, 0.2) is 35.1 Å². The van der Waals surface area contributed by atoms with Crippen molar-refractivity contribution in [3.05, 3.63) is 35.1 Å². The number of aryl methyl sites for hydroxylation is 1. The summed E-state index contributed by atoms with van der Waals surface area (Å²) in [5.41, 5.74) is 0. The van der Waals surface area contributed by atoms with Gasteiger partial charge in [-0.05, 0) is 47.1 Å². The number of nitrogens with zero attached hydrogens (tertiary/aromatic N) is 2. The lowest BCUT2D eigenvalue weighted by Gasteiger charge is -2.06. The molecule has 1 aromatic carbocycles. The molecule has 2 rings (SSSR count). The zero-order chi connectivity index (χ0) is 11.5. The van der Waals surface area contributed by atoms with Gasteiger partial charge in [-0.25, -0.2) is 0 Å². The van der Waals surface area contributed by atoms with Crippen LogP contribution in [0.2, 0.25) is 0 Å². The zero-order valence-electron chi connectivity index (χ0n) is 8.72. The molecule has 1 N–H and O–H groups in total. The third kappa shape index (κ3) is 2.36. The highest BCUT2D eigenvalue weighted by atomic mass is 79.9. The number of ether oxygens (including phenoxy) is 1. The van der Waals surface area contributed by atoms with Crippen LogP contribution in [-0.2, 0) is 6.54 Å². The fourth-order valence-corrected chi connectivity index (χ4v) is 1.69. The average Bonchev–Trinajstić information content (AvgIpc) is 2.62. The molecular weight excluding hydrogens is 272 g/mol. The molecule has 0 amide bonds. The summed E-state index contributed by atoms with van der Waals surface area (Å²) in [7, 11) is 0. The number of aromatic hydroxyl groups is 1. The van der Waals surface area contributed by atoms with Crippen molar-refractivity contribution in [2.24, 2.45) is 0 Å². The minimum absolute atomic E-state index is 0.215. The van der Waals surface area contributed by atoms with Crippen molar-refractivity contribution in [3.8, 4) is 17.5 Å². The molecule has 0 fully saturated rings. The van der Waals surface area contributed by atoms with Gasteiger partial charge in [-0.2, -0.15) is 4.98 Å². The predicted octanol–water partition coefficient (Wildman–Crippen LogP) is 3.16. The highest BCUT2D eigenvalue weighted by molar-refractivity contribution is 9.10. The van der Waals surface area contributed by atoms with Gasteiger partial charge in [0, 0.05) is 12.7 Å². The van der Waals surface area contributed by atoms with Gasteiger partial charge in [0.1, 0.15) is 16.1 Å². The largest absolute Gasteiger partial charge is 0.508 e. The van der Waals surface area contributed by atoms with E-state index < -0.39 is 0 Å². The monoisotopic (exact) mass is 282 g/mol. The number of hydrogen-bond donors (Lipinski definition) is 1. The Labute approximate surface area is 102 Å². The normalized spacial score (nSPS) is 10.4. The Morgan fingerprint density at radius 2 is 2.06 bits per heavy atom. The van der Waals surface area contributed by atoms with Crippen LogP contribution in [0.3, 0.4) is 0 Å². The second-order valence-electron chi connectivity index (χ2n) is 3.23. The molecule has 0 aliphatic rings. The zero-order valence-corrected chi connectivity index (χ0v) is 10.3. The van der Waals surface area contributed by atoms with Crippen molar-refractivity contribution in [1.82, 2.24) is 9.55 Å². The number of rotatable bonds is 3. The van der Waals surface area contributed by atoms with Crippen LogP contribution < -0.4 is 4.74 Å². The van der Waals surface area contributed by atoms with Gasteiger partial charge in [0.25, 0.3) is 0 Å². The summed E-state index contributed by atoms with van der Waals surface area (Å²) < 4.78 is 8.21. The van der Waals surface area contributed by atoms with E-state index in [1.54, 1.807) is 24.3 Å². The Hall–Kier alpha value is -1.49. The van der Waals surface area contributed by atoms with Gasteiger partial charge in [0.15, 0.2) is 0 Å². The molecule has 0 saturated heterocycles. The van der Waals surface area contributed by atoms with Crippen molar-refractivity contribution in [1.29, 1.82) is 0 Å². The predicted molar refractivity (Wildman–Crippen MR) is 63.8 cm³/mol.